The molecular weight excluding hydrogens is 318 g/mol. The zero-order valence-corrected chi connectivity index (χ0v) is 15.2. The number of nitrogens with zero attached hydrogens (tertiary/aromatic N) is 1. The smallest absolute Gasteiger partial charge is 0.319 e. The van der Waals surface area contributed by atoms with Gasteiger partial charge in [0.05, 0.1) is 0 Å². The fourth-order valence-electron chi connectivity index (χ4n) is 2.87. The first-order valence-electron chi connectivity index (χ1n) is 8.57. The van der Waals surface area contributed by atoms with E-state index < -0.39 is 0 Å². The van der Waals surface area contributed by atoms with Crippen molar-refractivity contribution in [2.45, 2.75) is 33.2 Å². The van der Waals surface area contributed by atoms with Gasteiger partial charge >= 0.3 is 6.03 Å². The van der Waals surface area contributed by atoms with E-state index in [-0.39, 0.29) is 6.03 Å². The molecule has 128 valence electrons. The molecule has 1 aromatic carbocycles. The molecule has 1 aliphatic heterocycles. The highest BCUT2D eigenvalue weighted by Crippen LogP contribution is 2.28. The summed E-state index contributed by atoms with van der Waals surface area (Å²) in [5.74, 6) is 0.595. The number of amides is 2. The van der Waals surface area contributed by atoms with Gasteiger partial charge in [-0.05, 0) is 60.0 Å². The normalized spacial score (nSPS) is 13.7. The van der Waals surface area contributed by atoms with Crippen LogP contribution in [0.1, 0.15) is 30.7 Å². The van der Waals surface area contributed by atoms with Crippen molar-refractivity contribution in [3.05, 3.63) is 46.2 Å². The third-order valence-electron chi connectivity index (χ3n) is 4.31. The van der Waals surface area contributed by atoms with Crippen LogP contribution in [0.3, 0.4) is 0 Å². The second-order valence-electron chi connectivity index (χ2n) is 6.65. The minimum absolute atomic E-state index is 0.135. The average Bonchev–Trinajstić information content (AvgIpc) is 3.02. The lowest BCUT2D eigenvalue weighted by Gasteiger charge is -2.29. The van der Waals surface area contributed by atoms with Crippen LogP contribution in [-0.4, -0.2) is 19.1 Å². The Hall–Kier alpha value is -2.01. The van der Waals surface area contributed by atoms with Gasteiger partial charge in [-0.3, -0.25) is 0 Å². The minimum Gasteiger partial charge on any atom is -0.367 e. The summed E-state index contributed by atoms with van der Waals surface area (Å²) in [6, 6.07) is 10.2. The summed E-state index contributed by atoms with van der Waals surface area (Å²) >= 11 is 1.86. The summed E-state index contributed by atoms with van der Waals surface area (Å²) in [5, 5.41) is 7.96. The Morgan fingerprint density at radius 2 is 2.04 bits per heavy atom. The topological polar surface area (TPSA) is 44.4 Å². The fourth-order valence-corrected chi connectivity index (χ4v) is 3.76. The van der Waals surface area contributed by atoms with Gasteiger partial charge in [-0.15, -0.1) is 11.3 Å². The molecule has 3 rings (SSSR count). The molecule has 2 aromatic rings. The quantitative estimate of drug-likeness (QED) is 0.841. The summed E-state index contributed by atoms with van der Waals surface area (Å²) in [4.78, 5) is 15.8. The van der Waals surface area contributed by atoms with Crippen LogP contribution in [0.4, 0.5) is 16.2 Å². The van der Waals surface area contributed by atoms with Crippen molar-refractivity contribution >= 4 is 28.7 Å². The Kier molecular flexibility index (Phi) is 5.41. The molecule has 0 spiro atoms. The molecule has 0 saturated carbocycles. The van der Waals surface area contributed by atoms with Gasteiger partial charge < -0.3 is 15.5 Å². The molecule has 0 unspecified atom stereocenters. The number of anilines is 2. The molecule has 2 amide bonds. The Morgan fingerprint density at radius 3 is 2.79 bits per heavy atom. The Bertz CT molecular complexity index is 678. The van der Waals surface area contributed by atoms with Crippen LogP contribution in [0.15, 0.2) is 35.7 Å². The number of hydrogen-bond donors (Lipinski definition) is 2. The maximum atomic E-state index is 11.9. The lowest BCUT2D eigenvalue weighted by atomic mass is 10.1. The number of urea groups is 1. The van der Waals surface area contributed by atoms with Gasteiger partial charge in [0.2, 0.25) is 0 Å². The average molecular weight is 343 g/mol. The predicted molar refractivity (Wildman–Crippen MR) is 102 cm³/mol. The SMILES string of the molecule is CC(C)CCNC(=O)Nc1ccc(N2CCc3sccc3C2)cc1. The highest BCUT2D eigenvalue weighted by molar-refractivity contribution is 7.10. The van der Waals surface area contributed by atoms with Gasteiger partial charge in [0.15, 0.2) is 0 Å². The number of carbonyl (C=O) groups is 1. The number of rotatable bonds is 5. The number of nitrogens with one attached hydrogen (secondary N) is 2. The second kappa shape index (κ2) is 7.71. The van der Waals surface area contributed by atoms with Gasteiger partial charge in [-0.1, -0.05) is 13.8 Å². The van der Waals surface area contributed by atoms with E-state index in [4.69, 9.17) is 0 Å². The van der Waals surface area contributed by atoms with Crippen molar-refractivity contribution in [2.24, 2.45) is 5.92 Å². The maximum absolute atomic E-state index is 11.9. The molecule has 5 heteroatoms. The second-order valence-corrected chi connectivity index (χ2v) is 7.65. The van der Waals surface area contributed by atoms with Crippen LogP contribution in [-0.2, 0) is 13.0 Å². The van der Waals surface area contributed by atoms with Gasteiger partial charge in [0.25, 0.3) is 0 Å². The number of thiophene rings is 1. The monoisotopic (exact) mass is 343 g/mol. The molecule has 24 heavy (non-hydrogen) atoms. The lowest BCUT2D eigenvalue weighted by molar-refractivity contribution is 0.251. The van der Waals surface area contributed by atoms with Gasteiger partial charge in [0.1, 0.15) is 0 Å². The highest BCUT2D eigenvalue weighted by Gasteiger charge is 2.17. The molecule has 4 nitrogen and oxygen atoms in total. The zero-order chi connectivity index (χ0) is 16.9. The van der Waals surface area contributed by atoms with E-state index in [0.717, 1.165) is 31.6 Å². The molecule has 2 heterocycles. The first-order chi connectivity index (χ1) is 11.6. The van der Waals surface area contributed by atoms with Crippen molar-refractivity contribution in [1.29, 1.82) is 0 Å². The van der Waals surface area contributed by atoms with Crippen molar-refractivity contribution < 1.29 is 4.79 Å². The molecule has 0 radical (unpaired) electrons. The Balaban J connectivity index is 1.53. The molecule has 2 N–H and O–H groups in total. The van der Waals surface area contributed by atoms with Gasteiger partial charge in [0, 0.05) is 35.9 Å². The molecule has 1 aromatic heterocycles. The number of carbonyl (C=O) groups excluding carboxylic acids is 1. The summed E-state index contributed by atoms with van der Waals surface area (Å²) in [6.45, 7) is 7.03. The maximum Gasteiger partial charge on any atom is 0.319 e. The van der Waals surface area contributed by atoms with Crippen LogP contribution < -0.4 is 15.5 Å². The molecule has 0 fully saturated rings. The van der Waals surface area contributed by atoms with E-state index in [9.17, 15) is 4.79 Å². The zero-order valence-electron chi connectivity index (χ0n) is 14.3. The fraction of sp³-hybridized carbons (Fsp3) is 0.421. The van der Waals surface area contributed by atoms with Crippen LogP contribution in [0.5, 0.6) is 0 Å². The molecule has 1 aliphatic rings. The summed E-state index contributed by atoms with van der Waals surface area (Å²) in [5.41, 5.74) is 3.48. The van der Waals surface area contributed by atoms with Crippen molar-refractivity contribution in [2.75, 3.05) is 23.3 Å². The summed E-state index contributed by atoms with van der Waals surface area (Å²) in [6.07, 6.45) is 2.11. The molecule has 0 aliphatic carbocycles. The molecule has 0 bridgehead atoms. The minimum atomic E-state index is -0.135. The van der Waals surface area contributed by atoms with Crippen molar-refractivity contribution in [3.8, 4) is 0 Å². The summed E-state index contributed by atoms with van der Waals surface area (Å²) in [7, 11) is 0. The van der Waals surface area contributed by atoms with E-state index in [1.165, 1.54) is 16.1 Å². The highest BCUT2D eigenvalue weighted by atomic mass is 32.1. The molecular formula is C19H25N3OS. The first kappa shape index (κ1) is 16.8. The van der Waals surface area contributed by atoms with E-state index in [1.807, 2.05) is 23.5 Å². The Labute approximate surface area is 147 Å². The number of benzene rings is 1. The van der Waals surface area contributed by atoms with E-state index in [2.05, 4.69) is 53.0 Å². The van der Waals surface area contributed by atoms with Crippen LogP contribution in [0.25, 0.3) is 0 Å². The van der Waals surface area contributed by atoms with Crippen LogP contribution >= 0.6 is 11.3 Å². The van der Waals surface area contributed by atoms with Gasteiger partial charge in [-0.2, -0.15) is 0 Å². The largest absolute Gasteiger partial charge is 0.367 e. The number of hydrogen-bond acceptors (Lipinski definition) is 3. The van der Waals surface area contributed by atoms with Crippen LogP contribution in [0.2, 0.25) is 0 Å². The van der Waals surface area contributed by atoms with Crippen molar-refractivity contribution in [3.63, 3.8) is 0 Å². The summed E-state index contributed by atoms with van der Waals surface area (Å²) < 4.78 is 0. The molecule has 0 atom stereocenters. The van der Waals surface area contributed by atoms with Gasteiger partial charge in [-0.25, -0.2) is 4.79 Å². The van der Waals surface area contributed by atoms with Crippen LogP contribution in [0, 0.1) is 5.92 Å². The first-order valence-corrected chi connectivity index (χ1v) is 9.45. The third kappa shape index (κ3) is 4.29. The Morgan fingerprint density at radius 1 is 1.25 bits per heavy atom. The van der Waals surface area contributed by atoms with E-state index in [1.54, 1.807) is 0 Å². The molecule has 0 saturated heterocycles. The third-order valence-corrected chi connectivity index (χ3v) is 5.33. The van der Waals surface area contributed by atoms with E-state index in [0.29, 0.717) is 12.5 Å². The number of fused-ring (bicyclic) bond motifs is 1. The van der Waals surface area contributed by atoms with Crippen molar-refractivity contribution in [1.82, 2.24) is 5.32 Å². The lowest BCUT2D eigenvalue weighted by Crippen LogP contribution is -2.30. The predicted octanol–water partition coefficient (Wildman–Crippen LogP) is 4.48. The van der Waals surface area contributed by atoms with E-state index >= 15 is 0 Å². The standard InChI is InChI=1S/C19H25N3OS/c1-14(2)7-10-20-19(23)21-16-3-5-17(6-4-16)22-11-8-18-15(13-22)9-12-24-18/h3-6,9,12,14H,7-8,10-11,13H2,1-2H3,(H2,20,21,23).